The van der Waals surface area contributed by atoms with Crippen molar-refractivity contribution < 1.29 is 23.8 Å². The second-order valence-corrected chi connectivity index (χ2v) is 8.00. The summed E-state index contributed by atoms with van der Waals surface area (Å²) in [6.07, 6.45) is 0.815. The summed E-state index contributed by atoms with van der Waals surface area (Å²) in [7, 11) is 2.95. The van der Waals surface area contributed by atoms with E-state index in [1.54, 1.807) is 7.11 Å². The van der Waals surface area contributed by atoms with Crippen molar-refractivity contribution in [3.63, 3.8) is 0 Å². The number of anilines is 1. The number of hydrogen-bond donors (Lipinski definition) is 1. The summed E-state index contributed by atoms with van der Waals surface area (Å²) in [5, 5.41) is 3.38. The highest BCUT2D eigenvalue weighted by Crippen LogP contribution is 2.40. The lowest BCUT2D eigenvalue weighted by Gasteiger charge is -2.09. The molecule has 1 N–H and O–H groups in total. The van der Waals surface area contributed by atoms with E-state index in [2.05, 4.69) is 5.32 Å². The van der Waals surface area contributed by atoms with Gasteiger partial charge in [0.1, 0.15) is 22.1 Å². The van der Waals surface area contributed by atoms with Crippen LogP contribution in [-0.2, 0) is 9.53 Å². The molecule has 6 nitrogen and oxygen atoms in total. The van der Waals surface area contributed by atoms with Gasteiger partial charge in [-0.1, -0.05) is 30.3 Å². The van der Waals surface area contributed by atoms with Crippen molar-refractivity contribution in [2.45, 2.75) is 19.8 Å². The number of carbonyl (C=O) groups is 2. The molecule has 0 atom stereocenters. The minimum Gasteiger partial charge on any atom is -0.497 e. The molecule has 0 unspecified atom stereocenters. The van der Waals surface area contributed by atoms with Gasteiger partial charge in [0.15, 0.2) is 0 Å². The number of benzene rings is 2. The minimum absolute atomic E-state index is 0.177. The maximum atomic E-state index is 12.5. The Morgan fingerprint density at radius 3 is 2.29 bits per heavy atom. The molecule has 0 bridgehead atoms. The first kappa shape index (κ1) is 22.4. The lowest BCUT2D eigenvalue weighted by Crippen LogP contribution is -2.14. The molecule has 31 heavy (non-hydrogen) atoms. The van der Waals surface area contributed by atoms with Gasteiger partial charge in [0, 0.05) is 16.9 Å². The molecule has 2 aromatic carbocycles. The van der Waals surface area contributed by atoms with Crippen molar-refractivity contribution in [2.24, 2.45) is 0 Å². The second kappa shape index (κ2) is 10.6. The maximum Gasteiger partial charge on any atom is 0.341 e. The fourth-order valence-electron chi connectivity index (χ4n) is 3.17. The van der Waals surface area contributed by atoms with Crippen LogP contribution in [0.15, 0.2) is 54.6 Å². The molecule has 1 amide bonds. The van der Waals surface area contributed by atoms with Crippen LogP contribution in [0.4, 0.5) is 5.00 Å². The average molecular weight is 440 g/mol. The number of carbonyl (C=O) groups excluding carboxylic acids is 2. The largest absolute Gasteiger partial charge is 0.497 e. The Bertz CT molecular complexity index is 1030. The Morgan fingerprint density at radius 1 is 0.968 bits per heavy atom. The van der Waals surface area contributed by atoms with Crippen molar-refractivity contribution in [3.05, 3.63) is 65.0 Å². The standard InChI is InChI=1S/C24H25NO5S/c1-16-21(17-8-5-4-6-9-17)22(24(27)29-3)23(31-16)25-20(26)10-7-15-30-19-13-11-18(28-2)12-14-19/h4-6,8-9,11-14H,7,10,15H2,1-3H3,(H,25,26). The lowest BCUT2D eigenvalue weighted by molar-refractivity contribution is -0.116. The van der Waals surface area contributed by atoms with E-state index < -0.39 is 5.97 Å². The Kier molecular flexibility index (Phi) is 7.67. The Hall–Kier alpha value is -3.32. The van der Waals surface area contributed by atoms with Crippen LogP contribution in [0.25, 0.3) is 11.1 Å². The number of ether oxygens (including phenoxy) is 3. The van der Waals surface area contributed by atoms with E-state index in [-0.39, 0.29) is 12.3 Å². The number of nitrogens with one attached hydrogen (secondary N) is 1. The monoisotopic (exact) mass is 439 g/mol. The summed E-state index contributed by atoms with van der Waals surface area (Å²) in [5.41, 5.74) is 2.08. The van der Waals surface area contributed by atoms with E-state index in [1.165, 1.54) is 18.4 Å². The normalized spacial score (nSPS) is 10.4. The topological polar surface area (TPSA) is 73.9 Å². The van der Waals surface area contributed by atoms with Gasteiger partial charge in [-0.25, -0.2) is 4.79 Å². The van der Waals surface area contributed by atoms with Crippen molar-refractivity contribution >= 4 is 28.2 Å². The second-order valence-electron chi connectivity index (χ2n) is 6.77. The van der Waals surface area contributed by atoms with Crippen molar-refractivity contribution in [1.29, 1.82) is 0 Å². The SMILES string of the molecule is COC(=O)c1c(NC(=O)CCCOc2ccc(OC)cc2)sc(C)c1-c1ccccc1. The molecule has 0 spiro atoms. The fraction of sp³-hybridized carbons (Fsp3) is 0.250. The molecule has 0 saturated carbocycles. The summed E-state index contributed by atoms with van der Waals surface area (Å²) < 4.78 is 15.8. The third-order valence-corrected chi connectivity index (χ3v) is 5.69. The van der Waals surface area contributed by atoms with Crippen LogP contribution in [-0.4, -0.2) is 32.7 Å². The zero-order valence-electron chi connectivity index (χ0n) is 17.8. The number of rotatable bonds is 9. The maximum absolute atomic E-state index is 12.5. The molecule has 7 heteroatoms. The average Bonchev–Trinajstić information content (AvgIpc) is 3.12. The van der Waals surface area contributed by atoms with Gasteiger partial charge in [-0.15, -0.1) is 11.3 Å². The van der Waals surface area contributed by atoms with Gasteiger partial charge in [0.05, 0.1) is 20.8 Å². The van der Waals surface area contributed by atoms with E-state index in [9.17, 15) is 9.59 Å². The van der Waals surface area contributed by atoms with Gasteiger partial charge in [-0.3, -0.25) is 4.79 Å². The molecule has 1 aromatic heterocycles. The zero-order valence-corrected chi connectivity index (χ0v) is 18.6. The molecule has 162 valence electrons. The summed E-state index contributed by atoms with van der Waals surface area (Å²) in [6.45, 7) is 2.33. The highest BCUT2D eigenvalue weighted by molar-refractivity contribution is 7.17. The van der Waals surface area contributed by atoms with Crippen LogP contribution in [0.5, 0.6) is 11.5 Å². The molecule has 3 rings (SSSR count). The first-order valence-corrected chi connectivity index (χ1v) is 10.7. The molecule has 0 aliphatic rings. The molecule has 0 radical (unpaired) electrons. The molecule has 0 aliphatic carbocycles. The lowest BCUT2D eigenvalue weighted by atomic mass is 10.0. The van der Waals surface area contributed by atoms with Crippen molar-refractivity contribution in [3.8, 4) is 22.6 Å². The molecular formula is C24H25NO5S. The van der Waals surface area contributed by atoms with Gasteiger partial charge in [0.2, 0.25) is 5.91 Å². The Morgan fingerprint density at radius 2 is 1.65 bits per heavy atom. The number of amides is 1. The third kappa shape index (κ3) is 5.64. The quantitative estimate of drug-likeness (QED) is 0.361. The molecule has 1 heterocycles. The van der Waals surface area contributed by atoms with Crippen LogP contribution in [0.1, 0.15) is 28.1 Å². The van der Waals surface area contributed by atoms with Crippen LogP contribution in [0, 0.1) is 6.92 Å². The molecular weight excluding hydrogens is 414 g/mol. The first-order chi connectivity index (χ1) is 15.0. The summed E-state index contributed by atoms with van der Waals surface area (Å²) in [4.78, 5) is 25.9. The smallest absolute Gasteiger partial charge is 0.341 e. The highest BCUT2D eigenvalue weighted by atomic mass is 32.1. The van der Waals surface area contributed by atoms with Crippen LogP contribution in [0.2, 0.25) is 0 Å². The van der Waals surface area contributed by atoms with Crippen molar-refractivity contribution in [2.75, 3.05) is 26.1 Å². The first-order valence-electron chi connectivity index (χ1n) is 9.87. The summed E-state index contributed by atoms with van der Waals surface area (Å²) >= 11 is 1.37. The van der Waals surface area contributed by atoms with E-state index in [4.69, 9.17) is 14.2 Å². The molecule has 3 aromatic rings. The van der Waals surface area contributed by atoms with E-state index >= 15 is 0 Å². The van der Waals surface area contributed by atoms with E-state index in [0.29, 0.717) is 23.6 Å². The van der Waals surface area contributed by atoms with Gasteiger partial charge in [0.25, 0.3) is 0 Å². The highest BCUT2D eigenvalue weighted by Gasteiger charge is 2.24. The van der Waals surface area contributed by atoms with Gasteiger partial charge >= 0.3 is 5.97 Å². The van der Waals surface area contributed by atoms with E-state index in [0.717, 1.165) is 27.5 Å². The van der Waals surface area contributed by atoms with E-state index in [1.807, 2.05) is 61.5 Å². The third-order valence-electron chi connectivity index (χ3n) is 4.67. The molecule has 0 saturated heterocycles. The minimum atomic E-state index is -0.471. The van der Waals surface area contributed by atoms with Gasteiger partial charge in [-0.2, -0.15) is 0 Å². The predicted octanol–water partition coefficient (Wildman–Crippen LogP) is 5.32. The number of aryl methyl sites for hydroxylation is 1. The van der Waals surface area contributed by atoms with Crippen LogP contribution in [0.3, 0.4) is 0 Å². The molecule has 0 aliphatic heterocycles. The molecule has 0 fully saturated rings. The number of hydrogen-bond acceptors (Lipinski definition) is 6. The Balaban J connectivity index is 1.63. The van der Waals surface area contributed by atoms with Gasteiger partial charge in [-0.05, 0) is 43.2 Å². The number of thiophene rings is 1. The predicted molar refractivity (Wildman–Crippen MR) is 122 cm³/mol. The summed E-state index contributed by atoms with van der Waals surface area (Å²) in [6, 6.07) is 16.9. The number of methoxy groups -OCH3 is 2. The Labute approximate surface area is 185 Å². The number of esters is 1. The zero-order chi connectivity index (χ0) is 22.2. The van der Waals surface area contributed by atoms with Crippen LogP contribution >= 0.6 is 11.3 Å². The van der Waals surface area contributed by atoms with Gasteiger partial charge < -0.3 is 19.5 Å². The van der Waals surface area contributed by atoms with Crippen molar-refractivity contribution in [1.82, 2.24) is 0 Å². The summed E-state index contributed by atoms with van der Waals surface area (Å²) in [5.74, 6) is 0.829. The van der Waals surface area contributed by atoms with Crippen LogP contribution < -0.4 is 14.8 Å². The fourth-order valence-corrected chi connectivity index (χ4v) is 4.25.